The van der Waals surface area contributed by atoms with Crippen LogP contribution in [0.5, 0.6) is 5.75 Å². The van der Waals surface area contributed by atoms with Gasteiger partial charge in [-0.1, -0.05) is 56.0 Å². The third-order valence-corrected chi connectivity index (χ3v) is 5.29. The van der Waals surface area contributed by atoms with Crippen molar-refractivity contribution in [1.29, 1.82) is 0 Å². The Labute approximate surface area is 144 Å². The fraction of sp³-hybridized carbons (Fsp3) is 0.364. The van der Waals surface area contributed by atoms with Crippen LogP contribution in [0.4, 0.5) is 0 Å². The van der Waals surface area contributed by atoms with Gasteiger partial charge < -0.3 is 9.14 Å². The summed E-state index contributed by atoms with van der Waals surface area (Å²) in [5, 5.41) is 0. The highest BCUT2D eigenvalue weighted by molar-refractivity contribution is 5.63. The largest absolute Gasteiger partial charge is 0.487 e. The summed E-state index contributed by atoms with van der Waals surface area (Å²) in [5.41, 5.74) is 5.24. The Morgan fingerprint density at radius 2 is 1.83 bits per heavy atom. The van der Waals surface area contributed by atoms with Gasteiger partial charge in [0.2, 0.25) is 0 Å². The Morgan fingerprint density at radius 3 is 2.62 bits per heavy atom. The number of benzene rings is 1. The average molecular weight is 319 g/mol. The fourth-order valence-corrected chi connectivity index (χ4v) is 3.96. The Morgan fingerprint density at radius 1 is 1.04 bits per heavy atom. The van der Waals surface area contributed by atoms with Gasteiger partial charge in [-0.3, -0.25) is 0 Å². The third kappa shape index (κ3) is 3.06. The van der Waals surface area contributed by atoms with Crippen LogP contribution in [0.1, 0.15) is 42.5 Å². The van der Waals surface area contributed by atoms with Crippen LogP contribution in [0.15, 0.2) is 54.7 Å². The van der Waals surface area contributed by atoms with E-state index in [0.717, 1.165) is 11.7 Å². The molecule has 0 N–H and O–H groups in total. The van der Waals surface area contributed by atoms with Crippen LogP contribution in [0.25, 0.3) is 5.52 Å². The van der Waals surface area contributed by atoms with E-state index in [9.17, 15) is 0 Å². The van der Waals surface area contributed by atoms with Gasteiger partial charge in [0, 0.05) is 11.9 Å². The molecule has 1 fully saturated rings. The second kappa shape index (κ2) is 6.72. The monoisotopic (exact) mass is 319 g/mol. The molecule has 2 nitrogen and oxygen atoms in total. The number of aryl methyl sites for hydroxylation is 1. The zero-order valence-electron chi connectivity index (χ0n) is 14.4. The first kappa shape index (κ1) is 15.3. The normalized spacial score (nSPS) is 15.2. The lowest BCUT2D eigenvalue weighted by atomic mass is 10.0. The zero-order valence-corrected chi connectivity index (χ0v) is 14.4. The van der Waals surface area contributed by atoms with E-state index in [1.165, 1.54) is 54.4 Å². The lowest BCUT2D eigenvalue weighted by Gasteiger charge is -2.12. The van der Waals surface area contributed by atoms with E-state index in [0.29, 0.717) is 6.61 Å². The molecular formula is C22H25NO. The van der Waals surface area contributed by atoms with Gasteiger partial charge in [0.25, 0.3) is 0 Å². The predicted molar refractivity (Wildman–Crippen MR) is 98.6 cm³/mol. The molecule has 1 aromatic carbocycles. The lowest BCUT2D eigenvalue weighted by molar-refractivity contribution is 0.308. The highest BCUT2D eigenvalue weighted by Gasteiger charge is 2.19. The van der Waals surface area contributed by atoms with Gasteiger partial charge in [0.15, 0.2) is 0 Å². The van der Waals surface area contributed by atoms with Crippen molar-refractivity contribution in [1.82, 2.24) is 4.40 Å². The molecular weight excluding hydrogens is 294 g/mol. The average Bonchev–Trinajstić information content (AvgIpc) is 3.23. The van der Waals surface area contributed by atoms with E-state index < -0.39 is 0 Å². The molecule has 2 heteroatoms. The smallest absolute Gasteiger partial charge is 0.143 e. The van der Waals surface area contributed by atoms with Crippen molar-refractivity contribution >= 4 is 5.52 Å². The van der Waals surface area contributed by atoms with Crippen molar-refractivity contribution in [2.75, 3.05) is 0 Å². The molecule has 3 aromatic rings. The van der Waals surface area contributed by atoms with Gasteiger partial charge in [0.05, 0.1) is 5.52 Å². The fourth-order valence-electron chi connectivity index (χ4n) is 3.96. The van der Waals surface area contributed by atoms with Crippen molar-refractivity contribution in [3.63, 3.8) is 0 Å². The maximum absolute atomic E-state index is 6.12. The van der Waals surface area contributed by atoms with Crippen molar-refractivity contribution in [2.45, 2.75) is 45.6 Å². The highest BCUT2D eigenvalue weighted by Crippen LogP contribution is 2.32. The van der Waals surface area contributed by atoms with Gasteiger partial charge in [0.1, 0.15) is 12.4 Å². The van der Waals surface area contributed by atoms with Gasteiger partial charge in [-0.25, -0.2) is 0 Å². The summed E-state index contributed by atoms with van der Waals surface area (Å²) in [7, 11) is 0. The third-order valence-electron chi connectivity index (χ3n) is 5.29. The number of rotatable bonds is 5. The summed E-state index contributed by atoms with van der Waals surface area (Å²) < 4.78 is 8.46. The van der Waals surface area contributed by atoms with E-state index in [1.807, 2.05) is 6.07 Å². The molecule has 2 heterocycles. The van der Waals surface area contributed by atoms with E-state index in [-0.39, 0.29) is 0 Å². The predicted octanol–water partition coefficient (Wildman–Crippen LogP) is 5.56. The van der Waals surface area contributed by atoms with Crippen LogP contribution in [-0.2, 0) is 13.0 Å². The highest BCUT2D eigenvalue weighted by atomic mass is 16.5. The summed E-state index contributed by atoms with van der Waals surface area (Å²) in [6.45, 7) is 2.85. The van der Waals surface area contributed by atoms with Gasteiger partial charge >= 0.3 is 0 Å². The summed E-state index contributed by atoms with van der Waals surface area (Å²) in [4.78, 5) is 0. The Hall–Kier alpha value is -2.22. The maximum Gasteiger partial charge on any atom is 0.143 e. The van der Waals surface area contributed by atoms with Gasteiger partial charge in [-0.15, -0.1) is 0 Å². The molecule has 1 saturated carbocycles. The molecule has 124 valence electrons. The number of nitrogens with zero attached hydrogens (tertiary/aromatic N) is 1. The molecule has 2 aromatic heterocycles. The zero-order chi connectivity index (χ0) is 16.4. The number of hydrogen-bond donors (Lipinski definition) is 0. The minimum Gasteiger partial charge on any atom is -0.487 e. The van der Waals surface area contributed by atoms with Crippen LogP contribution < -0.4 is 4.74 Å². The van der Waals surface area contributed by atoms with Crippen molar-refractivity contribution in [3.05, 3.63) is 71.5 Å². The molecule has 0 bridgehead atoms. The number of aromatic nitrogens is 1. The quantitative estimate of drug-likeness (QED) is 0.600. The molecule has 0 atom stereocenters. The standard InChI is InChI=1S/C22H25NO/c1-17-14-21-22(24-16-19-10-3-2-4-11-19)12-7-13-23(21)20(17)15-18-8-5-6-9-18/h2-4,7,10-14,18H,5-6,8-9,15-16H2,1H3. The van der Waals surface area contributed by atoms with Gasteiger partial charge in [-0.2, -0.15) is 0 Å². The summed E-state index contributed by atoms with van der Waals surface area (Å²) in [6, 6.07) is 16.8. The second-order valence-corrected chi connectivity index (χ2v) is 7.03. The molecule has 0 unspecified atom stereocenters. The van der Waals surface area contributed by atoms with Crippen molar-refractivity contribution in [3.8, 4) is 5.75 Å². The molecule has 1 aliphatic rings. The molecule has 0 saturated heterocycles. The second-order valence-electron chi connectivity index (χ2n) is 7.03. The van der Waals surface area contributed by atoms with E-state index in [1.54, 1.807) is 0 Å². The molecule has 0 spiro atoms. The maximum atomic E-state index is 6.12. The molecule has 0 amide bonds. The summed E-state index contributed by atoms with van der Waals surface area (Å²) >= 11 is 0. The van der Waals surface area contributed by atoms with Crippen molar-refractivity contribution in [2.24, 2.45) is 5.92 Å². The Bertz CT molecular complexity index is 813. The first-order valence-electron chi connectivity index (χ1n) is 9.07. The lowest BCUT2D eigenvalue weighted by Crippen LogP contribution is -2.04. The van der Waals surface area contributed by atoms with E-state index >= 15 is 0 Å². The van der Waals surface area contributed by atoms with Crippen LogP contribution in [0.3, 0.4) is 0 Å². The SMILES string of the molecule is Cc1cc2c(OCc3ccccc3)cccn2c1CC1CCCC1. The molecule has 1 aliphatic carbocycles. The van der Waals surface area contributed by atoms with Gasteiger partial charge in [-0.05, 0) is 48.6 Å². The first-order valence-corrected chi connectivity index (χ1v) is 9.07. The van der Waals surface area contributed by atoms with Crippen molar-refractivity contribution < 1.29 is 4.74 Å². The number of ether oxygens (including phenoxy) is 1. The van der Waals surface area contributed by atoms with Crippen LogP contribution in [0.2, 0.25) is 0 Å². The van der Waals surface area contributed by atoms with Crippen LogP contribution in [0, 0.1) is 12.8 Å². The minimum atomic E-state index is 0.614. The first-order chi connectivity index (χ1) is 11.8. The van der Waals surface area contributed by atoms with E-state index in [2.05, 4.69) is 60.0 Å². The van der Waals surface area contributed by atoms with Crippen LogP contribution in [-0.4, -0.2) is 4.40 Å². The summed E-state index contributed by atoms with van der Waals surface area (Å²) in [5.74, 6) is 1.83. The minimum absolute atomic E-state index is 0.614. The Kier molecular flexibility index (Phi) is 4.29. The topological polar surface area (TPSA) is 13.6 Å². The molecule has 4 rings (SSSR count). The summed E-state index contributed by atoms with van der Waals surface area (Å²) in [6.07, 6.45) is 8.95. The Balaban J connectivity index is 1.60. The van der Waals surface area contributed by atoms with Crippen LogP contribution >= 0.6 is 0 Å². The number of fused-ring (bicyclic) bond motifs is 1. The number of hydrogen-bond acceptors (Lipinski definition) is 1. The number of pyridine rings is 1. The molecule has 0 aliphatic heterocycles. The molecule has 0 radical (unpaired) electrons. The molecule has 24 heavy (non-hydrogen) atoms. The van der Waals surface area contributed by atoms with E-state index in [4.69, 9.17) is 4.74 Å².